The largest absolute Gasteiger partial charge is 0.507 e. The molecule has 12 nitrogen and oxygen atoms in total. The number of aliphatic hydroxyl groups is 1. The van der Waals surface area contributed by atoms with Crippen molar-refractivity contribution in [3.05, 3.63) is 107 Å². The maximum Gasteiger partial charge on any atom is 0.246 e. The summed E-state index contributed by atoms with van der Waals surface area (Å²) in [6, 6.07) is 23.7. The molecule has 0 aliphatic carbocycles. The lowest BCUT2D eigenvalue weighted by atomic mass is 9.85. The Morgan fingerprint density at radius 3 is 2.33 bits per heavy atom. The molecule has 0 bridgehead atoms. The Balaban J connectivity index is 0.913. The molecule has 0 saturated carbocycles. The minimum atomic E-state index is -0.885. The van der Waals surface area contributed by atoms with E-state index in [-0.39, 0.29) is 49.5 Å². The van der Waals surface area contributed by atoms with Crippen molar-refractivity contribution >= 4 is 29.1 Å². The van der Waals surface area contributed by atoms with Crippen molar-refractivity contribution < 1.29 is 24.6 Å². The summed E-state index contributed by atoms with van der Waals surface area (Å²) in [4.78, 5) is 50.1. The van der Waals surface area contributed by atoms with Gasteiger partial charge in [0.15, 0.2) is 0 Å². The summed E-state index contributed by atoms with van der Waals surface area (Å²) in [5.74, 6) is -0.451. The van der Waals surface area contributed by atoms with E-state index in [0.717, 1.165) is 58.8 Å². The van der Waals surface area contributed by atoms with Crippen molar-refractivity contribution in [2.24, 2.45) is 5.41 Å². The molecule has 4 heterocycles. The fourth-order valence-corrected chi connectivity index (χ4v) is 8.72. The Hall–Kier alpha value is -5.50. The van der Waals surface area contributed by atoms with Crippen LogP contribution in [0.3, 0.4) is 0 Å². The van der Waals surface area contributed by atoms with Gasteiger partial charge in [0.25, 0.3) is 0 Å². The number of carbonyl (C=O) groups excluding carboxylic acids is 3. The van der Waals surface area contributed by atoms with Crippen LogP contribution in [-0.2, 0) is 20.9 Å². The van der Waals surface area contributed by atoms with Gasteiger partial charge in [0.2, 0.25) is 17.7 Å². The number of likely N-dealkylation sites (tertiary alicyclic amines) is 2. The van der Waals surface area contributed by atoms with E-state index in [4.69, 9.17) is 0 Å². The fourth-order valence-electron chi connectivity index (χ4n) is 7.91. The van der Waals surface area contributed by atoms with E-state index in [1.807, 2.05) is 75.7 Å². The molecule has 5 aromatic rings. The van der Waals surface area contributed by atoms with E-state index < -0.39 is 23.6 Å². The number of benzene rings is 3. The first-order valence-electron chi connectivity index (χ1n) is 19.8. The topological polar surface area (TPSA) is 161 Å². The van der Waals surface area contributed by atoms with Crippen LogP contribution in [0.2, 0.25) is 0 Å². The van der Waals surface area contributed by atoms with Crippen molar-refractivity contribution in [1.29, 1.82) is 0 Å². The number of aryl methyl sites for hydroxylation is 1. The standard InChI is InChI=1S/C45H51N7O5S/c1-28-41(58-27-47-28)33-11-9-29(10-12-33)23-46-43(56)38-22-35(53)25-52(38)44(57)42(45(2,3)4)49-40(55)26-51-19-17-32(18-20-51)30-13-15-31(16-14-30)34-21-37(50-48-24-34)36-7-5-6-8-39(36)54/h5-16,21,24,27,32,35,38,42,53-54H,17-20,22-23,25-26H2,1-4H3,(H,46,56)(H,49,55)/t35-,38+,42-/m1/s1. The highest BCUT2D eigenvalue weighted by molar-refractivity contribution is 7.13. The van der Waals surface area contributed by atoms with E-state index in [2.05, 4.69) is 55.0 Å². The molecule has 2 aliphatic rings. The smallest absolute Gasteiger partial charge is 0.246 e. The van der Waals surface area contributed by atoms with Gasteiger partial charge in [0.1, 0.15) is 17.8 Å². The number of phenols is 1. The van der Waals surface area contributed by atoms with Gasteiger partial charge >= 0.3 is 0 Å². The first-order chi connectivity index (χ1) is 27.8. The number of piperidine rings is 1. The normalized spacial score (nSPS) is 18.2. The molecular weight excluding hydrogens is 751 g/mol. The number of nitrogens with zero attached hydrogens (tertiary/aromatic N) is 5. The zero-order valence-corrected chi connectivity index (χ0v) is 34.2. The van der Waals surface area contributed by atoms with E-state index in [1.165, 1.54) is 10.5 Å². The fraction of sp³-hybridized carbons (Fsp3) is 0.378. The third-order valence-electron chi connectivity index (χ3n) is 11.2. The van der Waals surface area contributed by atoms with Crippen molar-refractivity contribution in [2.45, 2.75) is 77.6 Å². The van der Waals surface area contributed by atoms with Gasteiger partial charge < -0.3 is 25.7 Å². The Morgan fingerprint density at radius 2 is 1.66 bits per heavy atom. The molecule has 2 aromatic heterocycles. The summed E-state index contributed by atoms with van der Waals surface area (Å²) in [6.07, 6.45) is 2.79. The zero-order valence-electron chi connectivity index (χ0n) is 33.4. The van der Waals surface area contributed by atoms with Gasteiger partial charge in [-0.25, -0.2) is 4.98 Å². The predicted molar refractivity (Wildman–Crippen MR) is 225 cm³/mol. The van der Waals surface area contributed by atoms with Crippen LogP contribution < -0.4 is 10.6 Å². The molecule has 3 amide bonds. The van der Waals surface area contributed by atoms with Gasteiger partial charge in [0, 0.05) is 30.6 Å². The van der Waals surface area contributed by atoms with Gasteiger partial charge in [0.05, 0.1) is 40.6 Å². The maximum absolute atomic E-state index is 14.1. The van der Waals surface area contributed by atoms with Gasteiger partial charge in [-0.05, 0) is 84.6 Å². The second-order valence-electron chi connectivity index (χ2n) is 16.5. The lowest BCUT2D eigenvalue weighted by molar-refractivity contribution is -0.144. The van der Waals surface area contributed by atoms with E-state index in [1.54, 1.807) is 29.7 Å². The van der Waals surface area contributed by atoms with Gasteiger partial charge in [-0.15, -0.1) is 11.3 Å². The Bertz CT molecular complexity index is 2230. The molecular formula is C45H51N7O5S. The van der Waals surface area contributed by atoms with Crippen molar-refractivity contribution in [2.75, 3.05) is 26.2 Å². The summed E-state index contributed by atoms with van der Waals surface area (Å²) >= 11 is 1.58. The van der Waals surface area contributed by atoms with Gasteiger partial charge in [-0.3, -0.25) is 19.3 Å². The lowest BCUT2D eigenvalue weighted by Crippen LogP contribution is -2.58. The second-order valence-corrected chi connectivity index (χ2v) is 17.3. The average Bonchev–Trinajstić information content (AvgIpc) is 3.84. The zero-order chi connectivity index (χ0) is 41.0. The van der Waals surface area contributed by atoms with Crippen LogP contribution in [0.1, 0.15) is 62.8 Å². The lowest BCUT2D eigenvalue weighted by Gasteiger charge is -2.36. The number of thiazole rings is 1. The SMILES string of the molecule is Cc1ncsc1-c1ccc(CNC(=O)[C@@H]2C[C@@H](O)CN2C(=O)[C@@H](NC(=O)CN2CCC(c3ccc(-c4cnnc(-c5ccccc5O)c4)cc3)CC2)C(C)(C)C)cc1. The van der Waals surface area contributed by atoms with E-state index in [0.29, 0.717) is 17.2 Å². The highest BCUT2D eigenvalue weighted by atomic mass is 32.1. The molecule has 2 saturated heterocycles. The quantitative estimate of drug-likeness (QED) is 0.127. The first kappa shape index (κ1) is 40.7. The molecule has 4 N–H and O–H groups in total. The van der Waals surface area contributed by atoms with Crippen LogP contribution >= 0.6 is 11.3 Å². The van der Waals surface area contributed by atoms with Gasteiger partial charge in [-0.1, -0.05) is 81.4 Å². The number of aromatic hydroxyl groups is 1. The number of β-amino-alcohol motifs (C(OH)–C–C–N with tert-alkyl or cyclic N) is 1. The van der Waals surface area contributed by atoms with Crippen LogP contribution in [0.15, 0.2) is 90.6 Å². The van der Waals surface area contributed by atoms with Crippen molar-refractivity contribution in [3.63, 3.8) is 0 Å². The average molecular weight is 802 g/mol. The minimum absolute atomic E-state index is 0.0233. The molecule has 0 spiro atoms. The molecule has 0 radical (unpaired) electrons. The Morgan fingerprint density at radius 1 is 0.948 bits per heavy atom. The number of carbonyl (C=O) groups is 3. The third-order valence-corrected chi connectivity index (χ3v) is 12.2. The third kappa shape index (κ3) is 9.44. The van der Waals surface area contributed by atoms with Crippen LogP contribution in [0.25, 0.3) is 32.8 Å². The summed E-state index contributed by atoms with van der Waals surface area (Å²) in [7, 11) is 0. The molecule has 13 heteroatoms. The predicted octanol–water partition coefficient (Wildman–Crippen LogP) is 5.94. The molecule has 2 aliphatic heterocycles. The van der Waals surface area contributed by atoms with Crippen molar-refractivity contribution in [1.82, 2.24) is 35.6 Å². The molecule has 3 atom stereocenters. The van der Waals surface area contributed by atoms with E-state index in [9.17, 15) is 24.6 Å². The van der Waals surface area contributed by atoms with E-state index >= 15 is 0 Å². The maximum atomic E-state index is 14.1. The van der Waals surface area contributed by atoms with Gasteiger partial charge in [-0.2, -0.15) is 10.2 Å². The number of amides is 3. The summed E-state index contributed by atoms with van der Waals surface area (Å²) < 4.78 is 0. The summed E-state index contributed by atoms with van der Waals surface area (Å²) in [6.45, 7) is 9.59. The van der Waals surface area contributed by atoms with Crippen LogP contribution in [0.5, 0.6) is 5.75 Å². The molecule has 3 aromatic carbocycles. The minimum Gasteiger partial charge on any atom is -0.507 e. The number of aliphatic hydroxyl groups excluding tert-OH is 1. The number of nitrogens with one attached hydrogen (secondary N) is 2. The number of aromatic nitrogens is 3. The number of para-hydroxylation sites is 1. The Labute approximate surface area is 343 Å². The summed E-state index contributed by atoms with van der Waals surface area (Å²) in [5.41, 5.74) is 8.52. The first-order valence-corrected chi connectivity index (χ1v) is 20.7. The van der Waals surface area contributed by atoms with Crippen molar-refractivity contribution in [3.8, 4) is 38.6 Å². The molecule has 0 unspecified atom stereocenters. The molecule has 302 valence electrons. The number of rotatable bonds is 11. The Kier molecular flexibility index (Phi) is 12.3. The molecule has 2 fully saturated rings. The summed E-state index contributed by atoms with van der Waals surface area (Å²) in [5, 5.41) is 35.3. The number of hydrogen-bond acceptors (Lipinski definition) is 10. The monoisotopic (exact) mass is 801 g/mol. The molecule has 7 rings (SSSR count). The highest BCUT2D eigenvalue weighted by Gasteiger charge is 2.44. The van der Waals surface area contributed by atoms with Crippen LogP contribution in [0.4, 0.5) is 0 Å². The number of phenolic OH excluding ortho intramolecular Hbond substituents is 1. The van der Waals surface area contributed by atoms with Crippen LogP contribution in [0, 0.1) is 12.3 Å². The molecule has 58 heavy (non-hydrogen) atoms. The second kappa shape index (κ2) is 17.6. The highest BCUT2D eigenvalue weighted by Crippen LogP contribution is 2.33. The number of hydrogen-bond donors (Lipinski definition) is 4. The van der Waals surface area contributed by atoms with Crippen LogP contribution in [-0.4, -0.2) is 97.3 Å².